The van der Waals surface area contributed by atoms with E-state index in [2.05, 4.69) is 4.98 Å². The largest absolute Gasteiger partial charge is 0.495 e. The van der Waals surface area contributed by atoms with Crippen LogP contribution in [-0.4, -0.2) is 23.2 Å². The lowest BCUT2D eigenvalue weighted by Gasteiger charge is -2.28. The van der Waals surface area contributed by atoms with Crippen molar-refractivity contribution in [3.63, 3.8) is 0 Å². The van der Waals surface area contributed by atoms with Gasteiger partial charge in [0.1, 0.15) is 5.75 Å². The molecule has 2 unspecified atom stereocenters. The van der Waals surface area contributed by atoms with Crippen molar-refractivity contribution >= 4 is 5.97 Å². The molecule has 4 heteroatoms. The number of nitrogens with zero attached hydrogens (tertiary/aromatic N) is 1. The minimum Gasteiger partial charge on any atom is -0.495 e. The van der Waals surface area contributed by atoms with Gasteiger partial charge in [-0.2, -0.15) is 0 Å². The van der Waals surface area contributed by atoms with E-state index < -0.39 is 5.97 Å². The fourth-order valence-electron chi connectivity index (χ4n) is 2.61. The van der Waals surface area contributed by atoms with Gasteiger partial charge in [-0.1, -0.05) is 12.8 Å². The number of aromatic nitrogens is 1. The summed E-state index contributed by atoms with van der Waals surface area (Å²) in [6.45, 7) is 0. The van der Waals surface area contributed by atoms with Crippen LogP contribution in [-0.2, 0) is 4.79 Å². The first kappa shape index (κ1) is 11.9. The van der Waals surface area contributed by atoms with E-state index in [0.717, 1.165) is 31.4 Å². The summed E-state index contributed by atoms with van der Waals surface area (Å²) in [7, 11) is 1.60. The van der Waals surface area contributed by atoms with Crippen molar-refractivity contribution in [1.29, 1.82) is 0 Å². The molecule has 1 aliphatic carbocycles. The summed E-state index contributed by atoms with van der Waals surface area (Å²) in [5, 5.41) is 9.26. The quantitative estimate of drug-likeness (QED) is 0.874. The molecule has 0 amide bonds. The van der Waals surface area contributed by atoms with Crippen molar-refractivity contribution in [3.05, 3.63) is 24.0 Å². The maximum absolute atomic E-state index is 11.3. The van der Waals surface area contributed by atoms with Gasteiger partial charge in [-0.15, -0.1) is 0 Å². The smallest absolute Gasteiger partial charge is 0.307 e. The van der Waals surface area contributed by atoms with Crippen LogP contribution >= 0.6 is 0 Å². The molecule has 0 radical (unpaired) electrons. The number of carboxylic acids is 1. The van der Waals surface area contributed by atoms with Gasteiger partial charge in [0.25, 0.3) is 0 Å². The Balaban J connectivity index is 2.32. The van der Waals surface area contributed by atoms with E-state index in [4.69, 9.17) is 4.74 Å². The minimum absolute atomic E-state index is 0.0163. The van der Waals surface area contributed by atoms with Crippen LogP contribution in [0.3, 0.4) is 0 Å². The number of aliphatic carboxylic acids is 1. The summed E-state index contributed by atoms with van der Waals surface area (Å²) < 4.78 is 5.27. The van der Waals surface area contributed by atoms with Gasteiger partial charge in [0, 0.05) is 12.1 Å². The van der Waals surface area contributed by atoms with Crippen LogP contribution in [0, 0.1) is 5.92 Å². The molecule has 0 saturated heterocycles. The summed E-state index contributed by atoms with van der Waals surface area (Å²) in [5.41, 5.74) is 0.794. The van der Waals surface area contributed by atoms with Crippen LogP contribution in [0.15, 0.2) is 18.3 Å². The molecule has 1 heterocycles. The normalized spacial score (nSPS) is 24.3. The Kier molecular flexibility index (Phi) is 3.61. The van der Waals surface area contributed by atoms with Crippen molar-refractivity contribution in [2.24, 2.45) is 5.92 Å². The van der Waals surface area contributed by atoms with Gasteiger partial charge >= 0.3 is 5.97 Å². The Morgan fingerprint density at radius 1 is 1.47 bits per heavy atom. The maximum atomic E-state index is 11.3. The van der Waals surface area contributed by atoms with E-state index in [-0.39, 0.29) is 11.8 Å². The average Bonchev–Trinajstić information content (AvgIpc) is 2.38. The number of rotatable bonds is 3. The number of pyridine rings is 1. The molecule has 4 nitrogen and oxygen atoms in total. The number of carboxylic acid groups (broad SMARTS) is 1. The third kappa shape index (κ3) is 2.40. The van der Waals surface area contributed by atoms with Gasteiger partial charge < -0.3 is 9.84 Å². The molecule has 0 aliphatic heterocycles. The highest BCUT2D eigenvalue weighted by atomic mass is 16.5. The zero-order valence-corrected chi connectivity index (χ0v) is 9.93. The van der Waals surface area contributed by atoms with Crippen molar-refractivity contribution in [2.75, 3.05) is 7.11 Å². The molecule has 1 aromatic rings. The first-order valence-corrected chi connectivity index (χ1v) is 5.95. The molecular weight excluding hydrogens is 218 g/mol. The maximum Gasteiger partial charge on any atom is 0.307 e. The van der Waals surface area contributed by atoms with Crippen LogP contribution in [0.5, 0.6) is 5.75 Å². The van der Waals surface area contributed by atoms with Gasteiger partial charge in [-0.05, 0) is 25.0 Å². The lowest BCUT2D eigenvalue weighted by Crippen LogP contribution is -2.26. The van der Waals surface area contributed by atoms with E-state index in [9.17, 15) is 9.90 Å². The van der Waals surface area contributed by atoms with E-state index in [1.807, 2.05) is 6.07 Å². The lowest BCUT2D eigenvalue weighted by molar-refractivity contribution is -0.143. The van der Waals surface area contributed by atoms with E-state index in [1.54, 1.807) is 19.4 Å². The van der Waals surface area contributed by atoms with Crippen LogP contribution in [0.2, 0.25) is 0 Å². The second-order valence-electron chi connectivity index (χ2n) is 4.43. The zero-order chi connectivity index (χ0) is 12.3. The second kappa shape index (κ2) is 5.17. The molecular formula is C13H17NO3. The molecule has 1 aliphatic rings. The lowest BCUT2D eigenvalue weighted by atomic mass is 9.77. The second-order valence-corrected chi connectivity index (χ2v) is 4.43. The third-order valence-corrected chi connectivity index (χ3v) is 3.45. The molecule has 1 aromatic heterocycles. The first-order chi connectivity index (χ1) is 8.24. The average molecular weight is 235 g/mol. The molecule has 92 valence electrons. The molecule has 0 bridgehead atoms. The van der Waals surface area contributed by atoms with E-state index >= 15 is 0 Å². The van der Waals surface area contributed by atoms with Crippen LogP contribution in [0.1, 0.15) is 37.3 Å². The van der Waals surface area contributed by atoms with Crippen molar-refractivity contribution in [3.8, 4) is 5.75 Å². The van der Waals surface area contributed by atoms with Crippen LogP contribution < -0.4 is 4.74 Å². The standard InChI is InChI=1S/C13H17NO3/c1-17-11-7-4-8-14-12(11)9-5-2-3-6-10(9)13(15)16/h4,7-10H,2-3,5-6H2,1H3,(H,15,16). The fourth-order valence-corrected chi connectivity index (χ4v) is 2.61. The first-order valence-electron chi connectivity index (χ1n) is 5.95. The molecule has 1 N–H and O–H groups in total. The molecule has 17 heavy (non-hydrogen) atoms. The Labute approximate surface area is 101 Å². The Bertz CT molecular complexity index is 405. The Hall–Kier alpha value is -1.58. The highest BCUT2D eigenvalue weighted by Crippen LogP contribution is 2.40. The van der Waals surface area contributed by atoms with E-state index in [0.29, 0.717) is 5.75 Å². The number of hydrogen-bond acceptors (Lipinski definition) is 3. The summed E-state index contributed by atoms with van der Waals surface area (Å²) in [6.07, 6.45) is 5.37. The highest BCUT2D eigenvalue weighted by Gasteiger charge is 2.34. The molecule has 2 atom stereocenters. The predicted molar refractivity (Wildman–Crippen MR) is 63.1 cm³/mol. The monoisotopic (exact) mass is 235 g/mol. The minimum atomic E-state index is -0.720. The number of ether oxygens (including phenoxy) is 1. The molecule has 1 saturated carbocycles. The van der Waals surface area contributed by atoms with Crippen LogP contribution in [0.25, 0.3) is 0 Å². The van der Waals surface area contributed by atoms with Gasteiger partial charge in [-0.25, -0.2) is 0 Å². The van der Waals surface area contributed by atoms with Crippen molar-refractivity contribution in [2.45, 2.75) is 31.6 Å². The van der Waals surface area contributed by atoms with Gasteiger partial charge in [0.05, 0.1) is 18.7 Å². The van der Waals surface area contributed by atoms with Gasteiger partial charge in [0.15, 0.2) is 0 Å². The Morgan fingerprint density at radius 2 is 2.24 bits per heavy atom. The molecule has 0 aromatic carbocycles. The number of methoxy groups -OCH3 is 1. The topological polar surface area (TPSA) is 59.4 Å². The summed E-state index contributed by atoms with van der Waals surface area (Å²) >= 11 is 0. The van der Waals surface area contributed by atoms with Gasteiger partial charge in [-0.3, -0.25) is 9.78 Å². The van der Waals surface area contributed by atoms with Crippen molar-refractivity contribution < 1.29 is 14.6 Å². The summed E-state index contributed by atoms with van der Waals surface area (Å²) in [5.74, 6) is -0.363. The number of hydrogen-bond donors (Lipinski definition) is 1. The van der Waals surface area contributed by atoms with Gasteiger partial charge in [0.2, 0.25) is 0 Å². The SMILES string of the molecule is COc1cccnc1C1CCCCC1C(=O)O. The van der Waals surface area contributed by atoms with Crippen LogP contribution in [0.4, 0.5) is 0 Å². The third-order valence-electron chi connectivity index (χ3n) is 3.45. The number of carbonyl (C=O) groups is 1. The van der Waals surface area contributed by atoms with Crippen molar-refractivity contribution in [1.82, 2.24) is 4.98 Å². The predicted octanol–water partition coefficient (Wildman–Crippen LogP) is 2.45. The summed E-state index contributed by atoms with van der Waals surface area (Å²) in [4.78, 5) is 15.6. The summed E-state index contributed by atoms with van der Waals surface area (Å²) in [6, 6.07) is 3.65. The molecule has 2 rings (SSSR count). The zero-order valence-electron chi connectivity index (χ0n) is 9.93. The molecule has 1 fully saturated rings. The fraction of sp³-hybridized carbons (Fsp3) is 0.538. The highest BCUT2D eigenvalue weighted by molar-refractivity contribution is 5.71. The Morgan fingerprint density at radius 3 is 2.94 bits per heavy atom. The van der Waals surface area contributed by atoms with E-state index in [1.165, 1.54) is 0 Å². The molecule has 0 spiro atoms.